The number of hydrogen-bond acceptors (Lipinski definition) is 5. The number of aromatic nitrogens is 1. The van der Waals surface area contributed by atoms with E-state index in [1.165, 1.54) is 17.8 Å². The van der Waals surface area contributed by atoms with Crippen LogP contribution in [0.1, 0.15) is 22.5 Å². The van der Waals surface area contributed by atoms with Crippen molar-refractivity contribution < 1.29 is 4.79 Å². The van der Waals surface area contributed by atoms with E-state index in [2.05, 4.69) is 10.3 Å². The Morgan fingerprint density at radius 2 is 2.48 bits per heavy atom. The molecule has 1 amide bonds. The molecule has 1 saturated heterocycles. The normalized spacial score (nSPS) is 19.1. The van der Waals surface area contributed by atoms with Crippen LogP contribution >= 0.6 is 11.3 Å². The van der Waals surface area contributed by atoms with Gasteiger partial charge >= 0.3 is 0 Å². The Kier molecular flexibility index (Phi) is 4.07. The van der Waals surface area contributed by atoms with Crippen LogP contribution in [-0.4, -0.2) is 42.5 Å². The predicted molar refractivity (Wildman–Crippen MR) is 86.6 cm³/mol. The van der Waals surface area contributed by atoms with Gasteiger partial charge in [-0.2, -0.15) is 0 Å². The van der Waals surface area contributed by atoms with Gasteiger partial charge in [0.1, 0.15) is 10.4 Å². The molecule has 112 valence electrons. The average molecular weight is 304 g/mol. The van der Waals surface area contributed by atoms with Crippen LogP contribution in [0.2, 0.25) is 0 Å². The van der Waals surface area contributed by atoms with E-state index in [0.717, 1.165) is 36.3 Å². The molecule has 1 atom stereocenters. The van der Waals surface area contributed by atoms with Gasteiger partial charge in [0.05, 0.1) is 10.4 Å². The number of nitrogens with zero attached hydrogens (tertiary/aromatic N) is 2. The summed E-state index contributed by atoms with van der Waals surface area (Å²) in [7, 11) is 1.95. The number of nitrogens with two attached hydrogens (primary N) is 1. The molecule has 0 aliphatic carbocycles. The number of nitrogens with one attached hydrogen (secondary N) is 1. The first-order chi connectivity index (χ1) is 10.2. The number of carbonyl (C=O) groups is 1. The lowest BCUT2D eigenvalue weighted by atomic mass is 9.98. The highest BCUT2D eigenvalue weighted by atomic mass is 32.1. The number of hydrogen-bond donors (Lipinski definition) is 2. The standard InChI is InChI=1S/C15H20N4OS/c1-17-8-10-4-3-7-19(9-10)15(20)14-12(16)13-11(21-14)5-2-6-18-13/h2,5-6,10,17H,3-4,7-9,16H2,1H3. The fourth-order valence-electron chi connectivity index (χ4n) is 2.95. The molecule has 3 N–H and O–H groups in total. The highest BCUT2D eigenvalue weighted by molar-refractivity contribution is 7.21. The number of pyridine rings is 1. The summed E-state index contributed by atoms with van der Waals surface area (Å²) < 4.78 is 0.974. The number of amides is 1. The lowest BCUT2D eigenvalue weighted by Gasteiger charge is -2.32. The predicted octanol–water partition coefficient (Wildman–Crippen LogP) is 1.95. The van der Waals surface area contributed by atoms with Gasteiger partial charge < -0.3 is 16.0 Å². The van der Waals surface area contributed by atoms with Crippen molar-refractivity contribution >= 4 is 33.1 Å². The molecule has 6 heteroatoms. The number of rotatable bonds is 3. The minimum Gasteiger partial charge on any atom is -0.396 e. The SMILES string of the molecule is CNCC1CCCN(C(=O)c2sc3cccnc3c2N)C1. The second-order valence-electron chi connectivity index (χ2n) is 5.51. The molecule has 0 spiro atoms. The van der Waals surface area contributed by atoms with E-state index in [1.807, 2.05) is 24.1 Å². The first-order valence-corrected chi connectivity index (χ1v) is 8.09. The first-order valence-electron chi connectivity index (χ1n) is 7.27. The van der Waals surface area contributed by atoms with Crippen LogP contribution in [0.3, 0.4) is 0 Å². The van der Waals surface area contributed by atoms with Crippen molar-refractivity contribution in [2.24, 2.45) is 5.92 Å². The molecule has 0 aromatic carbocycles. The molecule has 2 aromatic rings. The Labute approximate surface area is 128 Å². The van der Waals surface area contributed by atoms with E-state index < -0.39 is 0 Å². The Hall–Kier alpha value is -1.66. The molecular formula is C15H20N4OS. The topological polar surface area (TPSA) is 71.2 Å². The maximum atomic E-state index is 12.7. The third kappa shape index (κ3) is 2.73. The smallest absolute Gasteiger partial charge is 0.266 e. The highest BCUT2D eigenvalue weighted by Crippen LogP contribution is 2.33. The Balaban J connectivity index is 1.84. The molecule has 1 unspecified atom stereocenters. The van der Waals surface area contributed by atoms with Crippen LogP contribution in [0, 0.1) is 5.92 Å². The summed E-state index contributed by atoms with van der Waals surface area (Å²) in [5.41, 5.74) is 7.40. The van der Waals surface area contributed by atoms with Crippen molar-refractivity contribution in [1.29, 1.82) is 0 Å². The van der Waals surface area contributed by atoms with E-state index >= 15 is 0 Å². The van der Waals surface area contributed by atoms with E-state index in [-0.39, 0.29) is 5.91 Å². The van der Waals surface area contributed by atoms with Crippen LogP contribution in [0.25, 0.3) is 10.2 Å². The van der Waals surface area contributed by atoms with Gasteiger partial charge in [-0.3, -0.25) is 9.78 Å². The van der Waals surface area contributed by atoms with Crippen LogP contribution in [0.5, 0.6) is 0 Å². The van der Waals surface area contributed by atoms with E-state index in [1.54, 1.807) is 6.20 Å². The van der Waals surface area contributed by atoms with Gasteiger partial charge in [-0.05, 0) is 44.5 Å². The zero-order chi connectivity index (χ0) is 14.8. The van der Waals surface area contributed by atoms with Crippen molar-refractivity contribution in [2.45, 2.75) is 12.8 Å². The second-order valence-corrected chi connectivity index (χ2v) is 6.56. The molecule has 3 heterocycles. The monoisotopic (exact) mass is 304 g/mol. The molecule has 1 fully saturated rings. The van der Waals surface area contributed by atoms with Crippen molar-refractivity contribution in [1.82, 2.24) is 15.2 Å². The summed E-state index contributed by atoms with van der Waals surface area (Å²) in [4.78, 5) is 19.6. The third-order valence-corrected chi connectivity index (χ3v) is 5.12. The summed E-state index contributed by atoms with van der Waals surface area (Å²) in [5, 5.41) is 3.20. The highest BCUT2D eigenvalue weighted by Gasteiger charge is 2.27. The number of carbonyl (C=O) groups excluding carboxylic acids is 1. The first kappa shape index (κ1) is 14.3. The van der Waals surface area contributed by atoms with Gasteiger partial charge in [0, 0.05) is 19.3 Å². The van der Waals surface area contributed by atoms with Crippen molar-refractivity contribution in [3.05, 3.63) is 23.2 Å². The molecule has 21 heavy (non-hydrogen) atoms. The summed E-state index contributed by atoms with van der Waals surface area (Å²) in [5.74, 6) is 0.581. The second kappa shape index (κ2) is 5.99. The van der Waals surface area contributed by atoms with Gasteiger partial charge in [-0.15, -0.1) is 11.3 Å². The fraction of sp³-hybridized carbons (Fsp3) is 0.467. The van der Waals surface area contributed by atoms with E-state index in [4.69, 9.17) is 5.73 Å². The van der Waals surface area contributed by atoms with Crippen LogP contribution in [0.4, 0.5) is 5.69 Å². The Morgan fingerprint density at radius 3 is 3.24 bits per heavy atom. The number of piperidine rings is 1. The Morgan fingerprint density at radius 1 is 1.62 bits per heavy atom. The van der Waals surface area contributed by atoms with Gasteiger partial charge in [0.25, 0.3) is 5.91 Å². The molecule has 0 radical (unpaired) electrons. The minimum absolute atomic E-state index is 0.0521. The number of likely N-dealkylation sites (tertiary alicyclic amines) is 1. The van der Waals surface area contributed by atoms with Gasteiger partial charge in [-0.25, -0.2) is 0 Å². The number of nitrogen functional groups attached to an aromatic ring is 1. The quantitative estimate of drug-likeness (QED) is 0.909. The molecule has 0 bridgehead atoms. The van der Waals surface area contributed by atoms with Crippen molar-refractivity contribution in [3.8, 4) is 0 Å². The average Bonchev–Trinajstić information content (AvgIpc) is 2.85. The van der Waals surface area contributed by atoms with Crippen LogP contribution in [0.15, 0.2) is 18.3 Å². The zero-order valence-electron chi connectivity index (χ0n) is 12.1. The summed E-state index contributed by atoms with van der Waals surface area (Å²) in [6.45, 7) is 2.58. The molecule has 0 saturated carbocycles. The maximum absolute atomic E-state index is 12.7. The lowest BCUT2D eigenvalue weighted by molar-refractivity contribution is 0.0680. The summed E-state index contributed by atoms with van der Waals surface area (Å²) in [6.07, 6.45) is 3.94. The molecule has 1 aliphatic heterocycles. The van der Waals surface area contributed by atoms with Crippen LogP contribution < -0.4 is 11.1 Å². The molecule has 5 nitrogen and oxygen atoms in total. The lowest BCUT2D eigenvalue weighted by Crippen LogP contribution is -2.42. The molecule has 2 aromatic heterocycles. The van der Waals surface area contributed by atoms with Gasteiger partial charge in [0.2, 0.25) is 0 Å². The van der Waals surface area contributed by atoms with Crippen molar-refractivity contribution in [2.75, 3.05) is 32.4 Å². The minimum atomic E-state index is 0.0521. The molecule has 3 rings (SSSR count). The summed E-state index contributed by atoms with van der Waals surface area (Å²) >= 11 is 1.45. The maximum Gasteiger partial charge on any atom is 0.266 e. The zero-order valence-corrected chi connectivity index (χ0v) is 12.9. The summed E-state index contributed by atoms with van der Waals surface area (Å²) in [6, 6.07) is 3.83. The number of thiophene rings is 1. The van der Waals surface area contributed by atoms with Gasteiger partial charge in [0.15, 0.2) is 0 Å². The molecule has 1 aliphatic rings. The van der Waals surface area contributed by atoms with E-state index in [9.17, 15) is 4.79 Å². The van der Waals surface area contributed by atoms with Crippen LogP contribution in [-0.2, 0) is 0 Å². The number of anilines is 1. The Bertz CT molecular complexity index is 652. The van der Waals surface area contributed by atoms with Crippen molar-refractivity contribution in [3.63, 3.8) is 0 Å². The van der Waals surface area contributed by atoms with Gasteiger partial charge in [-0.1, -0.05) is 0 Å². The van der Waals surface area contributed by atoms with E-state index in [0.29, 0.717) is 16.5 Å². The molecular weight excluding hydrogens is 284 g/mol. The third-order valence-electron chi connectivity index (χ3n) is 3.98. The number of fused-ring (bicyclic) bond motifs is 1. The fourth-order valence-corrected chi connectivity index (χ4v) is 4.00. The largest absolute Gasteiger partial charge is 0.396 e.